The number of hydrogen-bond donors (Lipinski definition) is 1. The largest absolute Gasteiger partial charge is 0.461 e. The van der Waals surface area contributed by atoms with Crippen molar-refractivity contribution in [1.82, 2.24) is 10.2 Å². The van der Waals surface area contributed by atoms with E-state index < -0.39 is 0 Å². The molecule has 2 aromatic heterocycles. The number of carbonyl (C=O) groups is 1. The lowest BCUT2D eigenvalue weighted by Crippen LogP contribution is -2.27. The van der Waals surface area contributed by atoms with Crippen molar-refractivity contribution in [1.29, 1.82) is 0 Å². The molecule has 29 heavy (non-hydrogen) atoms. The van der Waals surface area contributed by atoms with Gasteiger partial charge in [0.25, 0.3) is 0 Å². The first-order chi connectivity index (χ1) is 13.7. The standard InChI is InChI=1S/C23H30N2O4/c1-13-16(4)28-21-15(3)22-19(12-18(13)21)14(2)17(23(27)29-22)8-9-20(26)24-10-7-11-25(5)6/h12H,7-11H2,1-6H3,(H,24,26). The van der Waals surface area contributed by atoms with Crippen LogP contribution in [-0.2, 0) is 11.2 Å². The Labute approximate surface area is 170 Å². The number of amides is 1. The molecular weight excluding hydrogens is 368 g/mol. The first-order valence-corrected chi connectivity index (χ1v) is 10.1. The molecule has 6 nitrogen and oxygen atoms in total. The Hall–Kier alpha value is -2.60. The molecule has 0 saturated carbocycles. The third kappa shape index (κ3) is 4.22. The molecule has 156 valence electrons. The van der Waals surface area contributed by atoms with Crippen LogP contribution in [0, 0.1) is 27.7 Å². The normalized spacial score (nSPS) is 11.7. The van der Waals surface area contributed by atoms with Gasteiger partial charge in [0.05, 0.1) is 0 Å². The Bertz CT molecular complexity index is 1120. The Morgan fingerprint density at radius 1 is 1.00 bits per heavy atom. The topological polar surface area (TPSA) is 75.7 Å². The van der Waals surface area contributed by atoms with Crippen LogP contribution in [0.3, 0.4) is 0 Å². The van der Waals surface area contributed by atoms with Crippen molar-refractivity contribution in [2.75, 3.05) is 27.2 Å². The van der Waals surface area contributed by atoms with Gasteiger partial charge in [-0.2, -0.15) is 0 Å². The Morgan fingerprint density at radius 2 is 1.66 bits per heavy atom. The second-order valence-corrected chi connectivity index (χ2v) is 8.04. The highest BCUT2D eigenvalue weighted by Crippen LogP contribution is 2.34. The molecule has 3 rings (SSSR count). The van der Waals surface area contributed by atoms with Crippen molar-refractivity contribution >= 4 is 27.8 Å². The van der Waals surface area contributed by atoms with Gasteiger partial charge < -0.3 is 19.1 Å². The maximum absolute atomic E-state index is 12.6. The zero-order valence-corrected chi connectivity index (χ0v) is 18.2. The number of nitrogens with zero attached hydrogens (tertiary/aromatic N) is 1. The van der Waals surface area contributed by atoms with Crippen LogP contribution in [0.25, 0.3) is 21.9 Å². The van der Waals surface area contributed by atoms with E-state index in [1.807, 2.05) is 47.9 Å². The van der Waals surface area contributed by atoms with Crippen LogP contribution in [-0.4, -0.2) is 38.0 Å². The van der Waals surface area contributed by atoms with Crippen LogP contribution < -0.4 is 10.9 Å². The lowest BCUT2D eigenvalue weighted by atomic mass is 9.98. The molecule has 1 aromatic carbocycles. The summed E-state index contributed by atoms with van der Waals surface area (Å²) >= 11 is 0. The first kappa shape index (κ1) is 21.1. The van der Waals surface area contributed by atoms with E-state index in [1.165, 1.54) is 0 Å². The first-order valence-electron chi connectivity index (χ1n) is 10.1. The average molecular weight is 399 g/mol. The molecule has 0 spiro atoms. The lowest BCUT2D eigenvalue weighted by molar-refractivity contribution is -0.121. The Morgan fingerprint density at radius 3 is 2.34 bits per heavy atom. The van der Waals surface area contributed by atoms with Gasteiger partial charge in [-0.15, -0.1) is 0 Å². The fraction of sp³-hybridized carbons (Fsp3) is 0.478. The highest BCUT2D eigenvalue weighted by atomic mass is 16.4. The molecule has 1 N–H and O–H groups in total. The number of nitrogens with one attached hydrogen (secondary N) is 1. The fourth-order valence-corrected chi connectivity index (χ4v) is 3.73. The fourth-order valence-electron chi connectivity index (χ4n) is 3.73. The number of aryl methyl sites for hydroxylation is 4. The predicted octanol–water partition coefficient (Wildman–Crippen LogP) is 3.77. The van der Waals surface area contributed by atoms with Gasteiger partial charge in [-0.1, -0.05) is 0 Å². The van der Waals surface area contributed by atoms with Gasteiger partial charge in [0.15, 0.2) is 0 Å². The summed E-state index contributed by atoms with van der Waals surface area (Å²) < 4.78 is 11.5. The molecule has 0 fully saturated rings. The van der Waals surface area contributed by atoms with E-state index in [4.69, 9.17) is 8.83 Å². The molecule has 2 heterocycles. The molecule has 1 amide bonds. The van der Waals surface area contributed by atoms with Crippen molar-refractivity contribution in [3.05, 3.63) is 44.5 Å². The van der Waals surface area contributed by atoms with Crippen molar-refractivity contribution in [2.24, 2.45) is 0 Å². The van der Waals surface area contributed by atoms with Crippen molar-refractivity contribution in [3.8, 4) is 0 Å². The SMILES string of the molecule is Cc1oc2c(C)c3oc(=O)c(CCC(=O)NCCCN(C)C)c(C)c3cc2c1C. The summed E-state index contributed by atoms with van der Waals surface area (Å²) in [6, 6.07) is 2.03. The molecule has 0 aliphatic carbocycles. The number of benzene rings is 1. The molecule has 0 aliphatic heterocycles. The predicted molar refractivity (Wildman–Crippen MR) is 116 cm³/mol. The molecular formula is C23H30N2O4. The van der Waals surface area contributed by atoms with Gasteiger partial charge in [0.1, 0.15) is 16.9 Å². The monoisotopic (exact) mass is 398 g/mol. The Kier molecular flexibility index (Phi) is 6.13. The van der Waals surface area contributed by atoms with Crippen LogP contribution in [0.5, 0.6) is 0 Å². The van der Waals surface area contributed by atoms with Gasteiger partial charge in [-0.05, 0) is 78.4 Å². The number of carbonyl (C=O) groups excluding carboxylic acids is 1. The van der Waals surface area contributed by atoms with Gasteiger partial charge in [-0.3, -0.25) is 4.79 Å². The van der Waals surface area contributed by atoms with E-state index in [2.05, 4.69) is 10.2 Å². The van der Waals surface area contributed by atoms with E-state index in [0.29, 0.717) is 24.1 Å². The number of hydrogen-bond acceptors (Lipinski definition) is 5. The summed E-state index contributed by atoms with van der Waals surface area (Å²) in [4.78, 5) is 26.9. The van der Waals surface area contributed by atoms with Crippen LogP contribution in [0.1, 0.15) is 40.9 Å². The average Bonchev–Trinajstić information content (AvgIpc) is 2.95. The maximum atomic E-state index is 12.6. The molecule has 0 unspecified atom stereocenters. The molecule has 0 bridgehead atoms. The van der Waals surface area contributed by atoms with E-state index in [-0.39, 0.29) is 18.0 Å². The highest BCUT2D eigenvalue weighted by Gasteiger charge is 2.19. The van der Waals surface area contributed by atoms with Crippen LogP contribution in [0.2, 0.25) is 0 Å². The van der Waals surface area contributed by atoms with Crippen LogP contribution >= 0.6 is 0 Å². The molecule has 0 saturated heterocycles. The van der Waals surface area contributed by atoms with Gasteiger partial charge in [0.2, 0.25) is 5.91 Å². The van der Waals surface area contributed by atoms with Crippen molar-refractivity contribution < 1.29 is 13.6 Å². The van der Waals surface area contributed by atoms with Crippen LogP contribution in [0.15, 0.2) is 19.7 Å². The number of rotatable bonds is 7. The van der Waals surface area contributed by atoms with Gasteiger partial charge in [0, 0.05) is 34.9 Å². The quantitative estimate of drug-likeness (QED) is 0.484. The summed E-state index contributed by atoms with van der Waals surface area (Å²) in [6.45, 7) is 9.37. The summed E-state index contributed by atoms with van der Waals surface area (Å²) in [5, 5.41) is 4.86. The zero-order chi connectivity index (χ0) is 21.3. The molecule has 0 atom stereocenters. The van der Waals surface area contributed by atoms with E-state index in [1.54, 1.807) is 0 Å². The van der Waals surface area contributed by atoms with E-state index >= 15 is 0 Å². The summed E-state index contributed by atoms with van der Waals surface area (Å²) in [7, 11) is 4.01. The van der Waals surface area contributed by atoms with Crippen molar-refractivity contribution in [2.45, 2.75) is 47.0 Å². The second kappa shape index (κ2) is 8.41. The van der Waals surface area contributed by atoms with Gasteiger partial charge in [-0.25, -0.2) is 4.79 Å². The van der Waals surface area contributed by atoms with Crippen LogP contribution in [0.4, 0.5) is 0 Å². The second-order valence-electron chi connectivity index (χ2n) is 8.04. The summed E-state index contributed by atoms with van der Waals surface area (Å²) in [6.07, 6.45) is 1.53. The molecule has 0 aliphatic rings. The zero-order valence-electron chi connectivity index (χ0n) is 18.2. The molecule has 6 heteroatoms. The minimum Gasteiger partial charge on any atom is -0.461 e. The Balaban J connectivity index is 1.86. The third-order valence-electron chi connectivity index (χ3n) is 5.65. The lowest BCUT2D eigenvalue weighted by Gasteiger charge is -2.11. The number of fused-ring (bicyclic) bond motifs is 2. The third-order valence-corrected chi connectivity index (χ3v) is 5.65. The minimum atomic E-state index is -0.377. The molecule has 0 radical (unpaired) electrons. The highest BCUT2D eigenvalue weighted by molar-refractivity contribution is 6.00. The van der Waals surface area contributed by atoms with E-state index in [0.717, 1.165) is 51.8 Å². The maximum Gasteiger partial charge on any atom is 0.339 e. The number of furan rings is 1. The smallest absolute Gasteiger partial charge is 0.339 e. The minimum absolute atomic E-state index is 0.0458. The summed E-state index contributed by atoms with van der Waals surface area (Å²) in [5.74, 6) is 0.820. The van der Waals surface area contributed by atoms with E-state index in [9.17, 15) is 9.59 Å². The summed E-state index contributed by atoms with van der Waals surface area (Å²) in [5.41, 5.74) is 4.31. The van der Waals surface area contributed by atoms with Crippen molar-refractivity contribution in [3.63, 3.8) is 0 Å². The van der Waals surface area contributed by atoms with Gasteiger partial charge >= 0.3 is 5.63 Å². The molecule has 3 aromatic rings.